The molecule has 1 aliphatic rings. The molecule has 0 bridgehead atoms. The van der Waals surface area contributed by atoms with E-state index >= 15 is 0 Å². The molecule has 0 unspecified atom stereocenters. The predicted molar refractivity (Wildman–Crippen MR) is 136 cm³/mol. The van der Waals surface area contributed by atoms with E-state index < -0.39 is 0 Å². The van der Waals surface area contributed by atoms with Crippen molar-refractivity contribution in [3.63, 3.8) is 0 Å². The van der Waals surface area contributed by atoms with Gasteiger partial charge in [-0.15, -0.1) is 0 Å². The van der Waals surface area contributed by atoms with Gasteiger partial charge < -0.3 is 19.3 Å². The van der Waals surface area contributed by atoms with Crippen molar-refractivity contribution in [1.82, 2.24) is 4.90 Å². The van der Waals surface area contributed by atoms with Crippen LogP contribution in [-0.4, -0.2) is 64.3 Å². The lowest BCUT2D eigenvalue weighted by Gasteiger charge is -2.36. The monoisotopic (exact) mass is 453 g/mol. The van der Waals surface area contributed by atoms with Crippen LogP contribution in [0.4, 0.5) is 11.4 Å². The lowest BCUT2D eigenvalue weighted by Crippen LogP contribution is -2.46. The van der Waals surface area contributed by atoms with Crippen molar-refractivity contribution < 1.29 is 14.3 Å². The summed E-state index contributed by atoms with van der Waals surface area (Å²) in [5.41, 5.74) is 5.48. The normalized spacial score (nSPS) is 14.3. The molecule has 6 nitrogen and oxygen atoms in total. The second-order valence-corrected chi connectivity index (χ2v) is 9.16. The van der Waals surface area contributed by atoms with Gasteiger partial charge in [0.1, 0.15) is 11.5 Å². The van der Waals surface area contributed by atoms with Crippen LogP contribution in [0.25, 0.3) is 0 Å². The number of carbonyl (C=O) groups is 1. The van der Waals surface area contributed by atoms with Gasteiger partial charge in [-0.2, -0.15) is 0 Å². The lowest BCUT2D eigenvalue weighted by molar-refractivity contribution is -0.131. The van der Waals surface area contributed by atoms with E-state index in [-0.39, 0.29) is 5.97 Å². The predicted octanol–water partition coefficient (Wildman–Crippen LogP) is 4.58. The number of aryl methyl sites for hydroxylation is 1. The summed E-state index contributed by atoms with van der Waals surface area (Å²) in [6.45, 7) is 13.5. The van der Waals surface area contributed by atoms with Crippen molar-refractivity contribution in [3.8, 4) is 11.5 Å². The van der Waals surface area contributed by atoms with E-state index in [2.05, 4.69) is 53.1 Å². The molecule has 0 spiro atoms. The molecule has 1 fully saturated rings. The highest BCUT2D eigenvalue weighted by molar-refractivity contribution is 5.71. The van der Waals surface area contributed by atoms with Gasteiger partial charge in [0.25, 0.3) is 0 Å². The molecule has 1 saturated heterocycles. The topological polar surface area (TPSA) is 45.3 Å². The van der Waals surface area contributed by atoms with Gasteiger partial charge in [0, 0.05) is 58.6 Å². The molecule has 6 heteroatoms. The Balaban J connectivity index is 1.39. The Labute approximate surface area is 199 Å². The first-order chi connectivity index (χ1) is 15.8. The van der Waals surface area contributed by atoms with Crippen molar-refractivity contribution in [1.29, 1.82) is 0 Å². The number of hydrogen-bond acceptors (Lipinski definition) is 6. The van der Waals surface area contributed by atoms with Crippen LogP contribution in [-0.2, 0) is 4.79 Å². The molecule has 0 radical (unpaired) electrons. The Hall–Kier alpha value is -2.73. The van der Waals surface area contributed by atoms with Crippen molar-refractivity contribution in [2.75, 3.05) is 63.2 Å². The van der Waals surface area contributed by atoms with E-state index in [0.717, 1.165) is 68.0 Å². The number of hydrogen-bond donors (Lipinski definition) is 0. The molecule has 0 saturated carbocycles. The third kappa shape index (κ3) is 6.64. The fraction of sp³-hybridized carbons (Fsp3) is 0.519. The molecule has 1 heterocycles. The molecule has 0 N–H and O–H groups in total. The second kappa shape index (κ2) is 11.4. The fourth-order valence-corrected chi connectivity index (χ4v) is 4.28. The first-order valence-electron chi connectivity index (χ1n) is 11.9. The van der Waals surface area contributed by atoms with Crippen LogP contribution in [0.15, 0.2) is 30.3 Å². The van der Waals surface area contributed by atoms with Crippen molar-refractivity contribution >= 4 is 17.3 Å². The van der Waals surface area contributed by atoms with Gasteiger partial charge in [0.05, 0.1) is 6.61 Å². The van der Waals surface area contributed by atoms with E-state index in [9.17, 15) is 4.79 Å². The van der Waals surface area contributed by atoms with Gasteiger partial charge in [0.2, 0.25) is 0 Å². The highest BCUT2D eigenvalue weighted by atomic mass is 16.5. The number of piperazine rings is 1. The number of rotatable bonds is 9. The number of unbranched alkanes of at least 4 members (excludes halogenated alkanes) is 1. The zero-order valence-corrected chi connectivity index (χ0v) is 21.1. The Bertz CT molecular complexity index is 933. The van der Waals surface area contributed by atoms with Crippen molar-refractivity contribution in [3.05, 3.63) is 47.0 Å². The first kappa shape index (κ1) is 24.9. The molecular weight excluding hydrogens is 414 g/mol. The summed E-state index contributed by atoms with van der Waals surface area (Å²) in [4.78, 5) is 18.5. The maximum atomic E-state index is 11.4. The Morgan fingerprint density at radius 3 is 2.24 bits per heavy atom. The molecular formula is C27H39N3O3. The van der Waals surface area contributed by atoms with Crippen molar-refractivity contribution in [2.24, 2.45) is 0 Å². The van der Waals surface area contributed by atoms with Gasteiger partial charge in [-0.1, -0.05) is 0 Å². The van der Waals surface area contributed by atoms with Crippen LogP contribution >= 0.6 is 0 Å². The Morgan fingerprint density at radius 1 is 0.970 bits per heavy atom. The van der Waals surface area contributed by atoms with Crippen LogP contribution in [0.2, 0.25) is 0 Å². The lowest BCUT2D eigenvalue weighted by atomic mass is 10.0. The minimum Gasteiger partial charge on any atom is -0.493 e. The van der Waals surface area contributed by atoms with E-state index in [1.54, 1.807) is 0 Å². The molecule has 3 rings (SSSR count). The van der Waals surface area contributed by atoms with E-state index in [1.165, 1.54) is 18.3 Å². The smallest absolute Gasteiger partial charge is 0.308 e. The third-order valence-electron chi connectivity index (χ3n) is 6.45. The highest BCUT2D eigenvalue weighted by Gasteiger charge is 2.17. The molecule has 33 heavy (non-hydrogen) atoms. The summed E-state index contributed by atoms with van der Waals surface area (Å²) in [6, 6.07) is 10.8. The molecule has 2 aromatic carbocycles. The summed E-state index contributed by atoms with van der Waals surface area (Å²) in [6.07, 6.45) is 2.15. The maximum Gasteiger partial charge on any atom is 0.308 e. The quantitative estimate of drug-likeness (QED) is 0.315. The number of nitrogens with zero attached hydrogens (tertiary/aromatic N) is 3. The van der Waals surface area contributed by atoms with Crippen LogP contribution in [0.3, 0.4) is 0 Å². The van der Waals surface area contributed by atoms with Gasteiger partial charge in [0.15, 0.2) is 0 Å². The van der Waals surface area contributed by atoms with Crippen molar-refractivity contribution in [2.45, 2.75) is 40.5 Å². The van der Waals surface area contributed by atoms with Crippen LogP contribution in [0.5, 0.6) is 11.5 Å². The summed E-state index contributed by atoms with van der Waals surface area (Å²) in [7, 11) is 4.15. The Kier molecular flexibility index (Phi) is 8.61. The largest absolute Gasteiger partial charge is 0.493 e. The highest BCUT2D eigenvalue weighted by Crippen LogP contribution is 2.33. The molecule has 0 aliphatic carbocycles. The molecule has 1 aliphatic heterocycles. The van der Waals surface area contributed by atoms with E-state index in [0.29, 0.717) is 12.4 Å². The zero-order chi connectivity index (χ0) is 24.0. The molecule has 180 valence electrons. The maximum absolute atomic E-state index is 11.4. The number of carbonyl (C=O) groups excluding carboxylic acids is 1. The minimum absolute atomic E-state index is 0.294. The summed E-state index contributed by atoms with van der Waals surface area (Å²) in [5, 5.41) is 0. The van der Waals surface area contributed by atoms with E-state index in [4.69, 9.17) is 9.47 Å². The summed E-state index contributed by atoms with van der Waals surface area (Å²) < 4.78 is 11.4. The zero-order valence-electron chi connectivity index (χ0n) is 21.1. The van der Waals surface area contributed by atoms with Crippen LogP contribution < -0.4 is 19.3 Å². The molecule has 0 aromatic heterocycles. The summed E-state index contributed by atoms with van der Waals surface area (Å²) in [5.74, 6) is 1.24. The Morgan fingerprint density at radius 2 is 1.64 bits per heavy atom. The van der Waals surface area contributed by atoms with Gasteiger partial charge in [-0.3, -0.25) is 9.69 Å². The number of benzene rings is 2. The SMILES string of the molecule is CC(=O)Oc1c(C)cc(OCCCCN2CCN(c3ccc(N(C)C)cc3)CC2)c(C)c1C. The molecule has 0 amide bonds. The molecule has 2 aromatic rings. The number of ether oxygens (including phenoxy) is 2. The summed E-state index contributed by atoms with van der Waals surface area (Å²) >= 11 is 0. The van der Waals surface area contributed by atoms with Crippen LogP contribution in [0, 0.1) is 20.8 Å². The second-order valence-electron chi connectivity index (χ2n) is 9.16. The molecule has 0 atom stereocenters. The number of anilines is 2. The van der Waals surface area contributed by atoms with Gasteiger partial charge in [-0.25, -0.2) is 0 Å². The minimum atomic E-state index is -0.294. The fourth-order valence-electron chi connectivity index (χ4n) is 4.28. The van der Waals surface area contributed by atoms with Gasteiger partial charge in [-0.05, 0) is 87.2 Å². The third-order valence-corrected chi connectivity index (χ3v) is 6.45. The first-order valence-corrected chi connectivity index (χ1v) is 11.9. The number of esters is 1. The average Bonchev–Trinajstić information content (AvgIpc) is 2.80. The van der Waals surface area contributed by atoms with Crippen LogP contribution in [0.1, 0.15) is 36.5 Å². The average molecular weight is 454 g/mol. The standard InChI is InChI=1S/C27H39N3O3/c1-20-19-26(21(2)22(3)27(20)33-23(4)31)32-18-8-7-13-29-14-16-30(17-15-29)25-11-9-24(10-12-25)28(5)6/h9-12,19H,7-8,13-18H2,1-6H3. The van der Waals surface area contributed by atoms with Gasteiger partial charge >= 0.3 is 5.97 Å². The van der Waals surface area contributed by atoms with E-state index in [1.807, 2.05) is 26.8 Å².